The zero-order valence-electron chi connectivity index (χ0n) is 13.7. The second kappa shape index (κ2) is 7.37. The molecule has 0 aromatic heterocycles. The normalized spacial score (nSPS) is 21.0. The Kier molecular flexibility index (Phi) is 5.77. The lowest BCUT2D eigenvalue weighted by molar-refractivity contribution is 0.250. The number of nitrogens with one attached hydrogen (secondary N) is 1. The van der Waals surface area contributed by atoms with Gasteiger partial charge in [0.25, 0.3) is 0 Å². The molecule has 3 heteroatoms. The van der Waals surface area contributed by atoms with E-state index in [1.54, 1.807) is 12.1 Å². The lowest BCUT2D eigenvalue weighted by Gasteiger charge is -2.25. The van der Waals surface area contributed by atoms with Gasteiger partial charge in [-0.2, -0.15) is 0 Å². The van der Waals surface area contributed by atoms with Gasteiger partial charge in [0.15, 0.2) is 0 Å². The Labute approximate surface area is 128 Å². The summed E-state index contributed by atoms with van der Waals surface area (Å²) in [5.74, 6) is -0.103. The van der Waals surface area contributed by atoms with E-state index in [2.05, 4.69) is 24.1 Å². The maximum Gasteiger partial charge on any atom is 0.127 e. The summed E-state index contributed by atoms with van der Waals surface area (Å²) in [6.07, 6.45) is 4.80. The van der Waals surface area contributed by atoms with Crippen molar-refractivity contribution in [1.82, 2.24) is 10.2 Å². The molecule has 0 amide bonds. The number of halogens is 1. The molecule has 2 rings (SSSR count). The van der Waals surface area contributed by atoms with Crippen LogP contribution in [0.2, 0.25) is 0 Å². The molecule has 1 aliphatic heterocycles. The maximum absolute atomic E-state index is 13.9. The number of hydrogen-bond acceptors (Lipinski definition) is 2. The van der Waals surface area contributed by atoms with Crippen LogP contribution < -0.4 is 5.32 Å². The molecule has 1 aliphatic rings. The van der Waals surface area contributed by atoms with Crippen LogP contribution in [0.5, 0.6) is 0 Å². The molecule has 1 saturated heterocycles. The molecule has 0 bridgehead atoms. The first kappa shape index (κ1) is 16.4. The average Bonchev–Trinajstić information content (AvgIpc) is 2.62. The van der Waals surface area contributed by atoms with Crippen molar-refractivity contribution in [3.63, 3.8) is 0 Å². The van der Waals surface area contributed by atoms with E-state index >= 15 is 0 Å². The Balaban J connectivity index is 1.90. The third kappa shape index (κ3) is 4.79. The van der Waals surface area contributed by atoms with Crippen LogP contribution in [0.15, 0.2) is 24.3 Å². The molecule has 1 fully saturated rings. The van der Waals surface area contributed by atoms with Crippen LogP contribution in [0.4, 0.5) is 4.39 Å². The van der Waals surface area contributed by atoms with Gasteiger partial charge in [0.1, 0.15) is 5.82 Å². The summed E-state index contributed by atoms with van der Waals surface area (Å²) in [4.78, 5) is 2.54. The lowest BCUT2D eigenvalue weighted by Crippen LogP contribution is -2.30. The van der Waals surface area contributed by atoms with Crippen LogP contribution in [0.1, 0.15) is 51.1 Å². The lowest BCUT2D eigenvalue weighted by atomic mass is 9.85. The minimum Gasteiger partial charge on any atom is -0.313 e. The first-order valence-electron chi connectivity index (χ1n) is 8.16. The molecule has 2 nitrogen and oxygen atoms in total. The fourth-order valence-corrected chi connectivity index (χ4v) is 3.23. The van der Waals surface area contributed by atoms with Crippen molar-refractivity contribution in [3.05, 3.63) is 35.6 Å². The SMILES string of the molecule is CNC(CCN1CCCC(C)(C)CC1)c1ccccc1F. The highest BCUT2D eigenvalue weighted by molar-refractivity contribution is 5.21. The zero-order valence-corrected chi connectivity index (χ0v) is 13.7. The third-order valence-corrected chi connectivity index (χ3v) is 4.80. The van der Waals surface area contributed by atoms with Crippen molar-refractivity contribution in [2.75, 3.05) is 26.7 Å². The summed E-state index contributed by atoms with van der Waals surface area (Å²) in [5.41, 5.74) is 1.26. The molecular formula is C18H29FN2. The number of nitrogens with zero attached hydrogens (tertiary/aromatic N) is 1. The van der Waals surface area contributed by atoms with Gasteiger partial charge in [-0.25, -0.2) is 4.39 Å². The molecular weight excluding hydrogens is 263 g/mol. The predicted molar refractivity (Wildman–Crippen MR) is 86.9 cm³/mol. The van der Waals surface area contributed by atoms with Gasteiger partial charge in [0.2, 0.25) is 0 Å². The smallest absolute Gasteiger partial charge is 0.127 e. The van der Waals surface area contributed by atoms with Crippen molar-refractivity contribution in [3.8, 4) is 0 Å². The van der Waals surface area contributed by atoms with Gasteiger partial charge in [-0.15, -0.1) is 0 Å². The van der Waals surface area contributed by atoms with E-state index in [4.69, 9.17) is 0 Å². The summed E-state index contributed by atoms with van der Waals surface area (Å²) >= 11 is 0. The van der Waals surface area contributed by atoms with E-state index in [0.717, 1.165) is 18.5 Å². The van der Waals surface area contributed by atoms with E-state index in [9.17, 15) is 4.39 Å². The molecule has 0 saturated carbocycles. The van der Waals surface area contributed by atoms with E-state index in [0.29, 0.717) is 5.41 Å². The fraction of sp³-hybridized carbons (Fsp3) is 0.667. The molecule has 1 aromatic rings. The summed E-state index contributed by atoms with van der Waals surface area (Å²) < 4.78 is 13.9. The number of benzene rings is 1. The van der Waals surface area contributed by atoms with Gasteiger partial charge >= 0.3 is 0 Å². The van der Waals surface area contributed by atoms with Gasteiger partial charge < -0.3 is 10.2 Å². The Bertz CT molecular complexity index is 445. The highest BCUT2D eigenvalue weighted by Gasteiger charge is 2.23. The third-order valence-electron chi connectivity index (χ3n) is 4.80. The molecule has 1 N–H and O–H groups in total. The van der Waals surface area contributed by atoms with E-state index in [1.165, 1.54) is 32.4 Å². The maximum atomic E-state index is 13.9. The van der Waals surface area contributed by atoms with Crippen molar-refractivity contribution < 1.29 is 4.39 Å². The Morgan fingerprint density at radius 3 is 2.71 bits per heavy atom. The standard InChI is InChI=1S/C18H29FN2/c1-18(2)10-6-12-21(14-11-18)13-9-17(20-3)15-7-4-5-8-16(15)19/h4-5,7-8,17,20H,6,9-14H2,1-3H3. The molecule has 0 radical (unpaired) electrons. The Morgan fingerprint density at radius 2 is 2.00 bits per heavy atom. The minimum atomic E-state index is -0.103. The second-order valence-corrected chi connectivity index (χ2v) is 7.01. The van der Waals surface area contributed by atoms with Gasteiger partial charge in [-0.05, 0) is 63.8 Å². The first-order valence-corrected chi connectivity index (χ1v) is 8.16. The molecule has 0 aliphatic carbocycles. The largest absolute Gasteiger partial charge is 0.313 e. The van der Waals surface area contributed by atoms with Crippen molar-refractivity contribution in [1.29, 1.82) is 0 Å². The molecule has 118 valence electrons. The van der Waals surface area contributed by atoms with Crippen LogP contribution in [0, 0.1) is 11.2 Å². The predicted octanol–water partition coefficient (Wildman–Crippen LogP) is 3.99. The highest BCUT2D eigenvalue weighted by atomic mass is 19.1. The molecule has 1 heterocycles. The number of hydrogen-bond donors (Lipinski definition) is 1. The Hall–Kier alpha value is -0.930. The van der Waals surface area contributed by atoms with Crippen LogP contribution in [-0.2, 0) is 0 Å². The van der Waals surface area contributed by atoms with Crippen LogP contribution in [-0.4, -0.2) is 31.6 Å². The fourth-order valence-electron chi connectivity index (χ4n) is 3.23. The first-order chi connectivity index (χ1) is 10.0. The molecule has 0 spiro atoms. The van der Waals surface area contributed by atoms with E-state index in [-0.39, 0.29) is 11.9 Å². The average molecular weight is 292 g/mol. The zero-order chi connectivity index (χ0) is 15.3. The quantitative estimate of drug-likeness (QED) is 0.883. The summed E-state index contributed by atoms with van der Waals surface area (Å²) in [5, 5.41) is 3.26. The Morgan fingerprint density at radius 1 is 1.24 bits per heavy atom. The van der Waals surface area contributed by atoms with Crippen molar-refractivity contribution in [2.24, 2.45) is 5.41 Å². The summed E-state index contributed by atoms with van der Waals surface area (Å²) in [6.45, 7) is 8.12. The van der Waals surface area contributed by atoms with E-state index in [1.807, 2.05) is 19.2 Å². The topological polar surface area (TPSA) is 15.3 Å². The van der Waals surface area contributed by atoms with Gasteiger partial charge in [0.05, 0.1) is 0 Å². The molecule has 1 aromatic carbocycles. The number of rotatable bonds is 5. The van der Waals surface area contributed by atoms with Crippen molar-refractivity contribution >= 4 is 0 Å². The van der Waals surface area contributed by atoms with Gasteiger partial charge in [0, 0.05) is 11.6 Å². The molecule has 1 atom stereocenters. The van der Waals surface area contributed by atoms with Gasteiger partial charge in [-0.1, -0.05) is 32.0 Å². The number of likely N-dealkylation sites (tertiary alicyclic amines) is 1. The second-order valence-electron chi connectivity index (χ2n) is 7.01. The van der Waals surface area contributed by atoms with Crippen LogP contribution in [0.3, 0.4) is 0 Å². The van der Waals surface area contributed by atoms with Crippen LogP contribution >= 0.6 is 0 Å². The van der Waals surface area contributed by atoms with Gasteiger partial charge in [-0.3, -0.25) is 0 Å². The van der Waals surface area contributed by atoms with Crippen molar-refractivity contribution in [2.45, 2.75) is 45.6 Å². The monoisotopic (exact) mass is 292 g/mol. The minimum absolute atomic E-state index is 0.0995. The molecule has 21 heavy (non-hydrogen) atoms. The summed E-state index contributed by atoms with van der Waals surface area (Å²) in [6, 6.07) is 7.21. The molecule has 1 unspecified atom stereocenters. The van der Waals surface area contributed by atoms with E-state index < -0.39 is 0 Å². The highest BCUT2D eigenvalue weighted by Crippen LogP contribution is 2.30. The summed E-state index contributed by atoms with van der Waals surface area (Å²) in [7, 11) is 1.92. The van der Waals surface area contributed by atoms with Crippen LogP contribution in [0.25, 0.3) is 0 Å².